The maximum Gasteiger partial charge on any atom is 0.269 e. The van der Waals surface area contributed by atoms with Crippen LogP contribution in [0.2, 0.25) is 5.15 Å². The van der Waals surface area contributed by atoms with Crippen molar-refractivity contribution in [2.45, 2.75) is 37.9 Å². The van der Waals surface area contributed by atoms with Gasteiger partial charge in [0.05, 0.1) is 10.7 Å². The molecule has 2 aliphatic heterocycles. The molecule has 2 amide bonds. The van der Waals surface area contributed by atoms with E-state index in [0.29, 0.717) is 68.4 Å². The van der Waals surface area contributed by atoms with E-state index in [9.17, 15) is 19.7 Å². The minimum Gasteiger partial charge on any atom is -0.368 e. The number of piperazine rings is 2. The number of carbonyl (C=O) groups excluding carboxylic acids is 2. The molecule has 11 nitrogen and oxygen atoms in total. The third-order valence-corrected chi connectivity index (χ3v) is 7.81. The molecule has 38 heavy (non-hydrogen) atoms. The summed E-state index contributed by atoms with van der Waals surface area (Å²) in [7, 11) is 0. The van der Waals surface area contributed by atoms with Gasteiger partial charge in [-0.1, -0.05) is 30.3 Å². The number of hydrogen-bond acceptors (Lipinski definition) is 9. The highest BCUT2D eigenvalue weighted by molar-refractivity contribution is 7.99. The molecule has 3 heterocycles. The molecule has 0 saturated carbocycles. The highest BCUT2D eigenvalue weighted by Gasteiger charge is 2.28. The normalized spacial score (nSPS) is 18.0. The number of non-ortho nitro benzene ring substituents is 1. The number of benzene rings is 1. The van der Waals surface area contributed by atoms with Gasteiger partial charge < -0.3 is 19.6 Å². The summed E-state index contributed by atoms with van der Waals surface area (Å²) in [5.41, 5.74) is 0.964. The van der Waals surface area contributed by atoms with E-state index in [-0.39, 0.29) is 29.3 Å². The van der Waals surface area contributed by atoms with Crippen LogP contribution in [-0.4, -0.2) is 94.1 Å². The number of thioether (sulfide) groups is 1. The summed E-state index contributed by atoms with van der Waals surface area (Å²) in [5, 5.41) is 11.6. The molecule has 0 spiro atoms. The maximum atomic E-state index is 12.9. The Balaban J connectivity index is 1.29. The van der Waals surface area contributed by atoms with Gasteiger partial charge in [0.25, 0.3) is 5.69 Å². The molecule has 2 saturated heterocycles. The van der Waals surface area contributed by atoms with Crippen LogP contribution >= 0.6 is 23.4 Å². The Labute approximate surface area is 231 Å². The number of nitro groups is 1. The summed E-state index contributed by atoms with van der Waals surface area (Å²) >= 11 is 7.56. The largest absolute Gasteiger partial charge is 0.368 e. The molecular formula is C25H32ClN7O4S. The fraction of sp³-hybridized carbons (Fsp3) is 0.520. The van der Waals surface area contributed by atoms with E-state index < -0.39 is 4.92 Å². The third-order valence-electron chi connectivity index (χ3n) is 6.78. The zero-order chi connectivity index (χ0) is 27.2. The monoisotopic (exact) mass is 561 g/mol. The summed E-state index contributed by atoms with van der Waals surface area (Å²) in [5.74, 6) is 1.09. The van der Waals surface area contributed by atoms with Crippen molar-refractivity contribution in [2.24, 2.45) is 0 Å². The number of nitro benzene ring substituents is 1. The minimum atomic E-state index is -0.415. The molecule has 1 aromatic carbocycles. The van der Waals surface area contributed by atoms with Crippen molar-refractivity contribution in [3.63, 3.8) is 0 Å². The van der Waals surface area contributed by atoms with Gasteiger partial charge in [0.15, 0.2) is 5.16 Å². The summed E-state index contributed by atoms with van der Waals surface area (Å²) < 4.78 is 0. The van der Waals surface area contributed by atoms with Crippen LogP contribution in [0.25, 0.3) is 0 Å². The van der Waals surface area contributed by atoms with Crippen LogP contribution in [0.3, 0.4) is 0 Å². The van der Waals surface area contributed by atoms with Gasteiger partial charge in [-0.2, -0.15) is 0 Å². The minimum absolute atomic E-state index is 0.000137. The lowest BCUT2D eigenvalue weighted by Gasteiger charge is -2.40. The van der Waals surface area contributed by atoms with Crippen LogP contribution < -0.4 is 9.80 Å². The van der Waals surface area contributed by atoms with E-state index in [4.69, 9.17) is 11.6 Å². The first-order chi connectivity index (χ1) is 18.2. The highest BCUT2D eigenvalue weighted by Crippen LogP contribution is 2.25. The highest BCUT2D eigenvalue weighted by atomic mass is 35.5. The lowest BCUT2D eigenvalue weighted by atomic mass is 10.1. The molecule has 1 aromatic heterocycles. The molecule has 13 heteroatoms. The zero-order valence-corrected chi connectivity index (χ0v) is 23.2. The number of carbonyl (C=O) groups is 2. The van der Waals surface area contributed by atoms with E-state index in [1.54, 1.807) is 18.2 Å². The summed E-state index contributed by atoms with van der Waals surface area (Å²) in [4.78, 5) is 52.6. The fourth-order valence-corrected chi connectivity index (χ4v) is 5.71. The van der Waals surface area contributed by atoms with Crippen molar-refractivity contribution in [3.8, 4) is 0 Å². The van der Waals surface area contributed by atoms with E-state index in [1.165, 1.54) is 23.9 Å². The molecule has 0 bridgehead atoms. The van der Waals surface area contributed by atoms with Crippen LogP contribution in [0.5, 0.6) is 0 Å². The average Bonchev–Trinajstić information content (AvgIpc) is 2.91. The van der Waals surface area contributed by atoms with Gasteiger partial charge in [-0.25, -0.2) is 9.97 Å². The standard InChI is InChI=1S/C25H32ClN7O4S/c1-3-4-23(34)32-14-13-31(16-18(32)2)22-15-21(26)27-25(28-22)38-17-24(35)30-11-9-29(10-12-30)19-5-7-20(8-6-19)33(36)37/h5-8,15,18H,3-4,9-14,16-17H2,1-2H3. The van der Waals surface area contributed by atoms with E-state index in [1.807, 2.05) is 23.6 Å². The van der Waals surface area contributed by atoms with Crippen LogP contribution in [0, 0.1) is 10.1 Å². The summed E-state index contributed by atoms with van der Waals surface area (Å²) in [6.45, 7) is 8.43. The smallest absolute Gasteiger partial charge is 0.269 e. The average molecular weight is 562 g/mol. The molecule has 1 atom stereocenters. The number of halogens is 1. The topological polar surface area (TPSA) is 116 Å². The fourth-order valence-electron chi connectivity index (χ4n) is 4.72. The molecule has 0 aliphatic carbocycles. The second-order valence-electron chi connectivity index (χ2n) is 9.39. The van der Waals surface area contributed by atoms with Crippen LogP contribution in [0.15, 0.2) is 35.5 Å². The van der Waals surface area contributed by atoms with Crippen molar-refractivity contribution in [2.75, 3.05) is 61.4 Å². The second kappa shape index (κ2) is 12.6. The Morgan fingerprint density at radius 3 is 2.37 bits per heavy atom. The molecule has 0 radical (unpaired) electrons. The van der Waals surface area contributed by atoms with Crippen LogP contribution in [-0.2, 0) is 9.59 Å². The van der Waals surface area contributed by atoms with Gasteiger partial charge in [-0.15, -0.1) is 0 Å². The van der Waals surface area contributed by atoms with Crippen molar-refractivity contribution in [1.82, 2.24) is 19.8 Å². The van der Waals surface area contributed by atoms with Crippen molar-refractivity contribution >= 4 is 52.4 Å². The van der Waals surface area contributed by atoms with Gasteiger partial charge in [0, 0.05) is 82.2 Å². The SMILES string of the molecule is CCCC(=O)N1CCN(c2cc(Cl)nc(SCC(=O)N3CCN(c4ccc([N+](=O)[O-])cc4)CC3)n2)CC1C. The number of hydrogen-bond donors (Lipinski definition) is 0. The van der Waals surface area contributed by atoms with E-state index in [2.05, 4.69) is 19.8 Å². The van der Waals surface area contributed by atoms with Crippen molar-refractivity contribution in [1.29, 1.82) is 0 Å². The number of nitrogens with zero attached hydrogens (tertiary/aromatic N) is 7. The van der Waals surface area contributed by atoms with Gasteiger partial charge in [-0.05, 0) is 25.5 Å². The molecule has 0 N–H and O–H groups in total. The Bertz CT molecular complexity index is 1160. The molecule has 2 aliphatic rings. The van der Waals surface area contributed by atoms with Crippen molar-refractivity contribution < 1.29 is 14.5 Å². The molecular weight excluding hydrogens is 530 g/mol. The third kappa shape index (κ3) is 6.84. The quantitative estimate of drug-likeness (QED) is 0.157. The lowest BCUT2D eigenvalue weighted by Crippen LogP contribution is -2.54. The number of anilines is 2. The van der Waals surface area contributed by atoms with Crippen molar-refractivity contribution in [3.05, 3.63) is 45.6 Å². The first-order valence-corrected chi connectivity index (χ1v) is 14.1. The van der Waals surface area contributed by atoms with Gasteiger partial charge in [0.1, 0.15) is 11.0 Å². The molecule has 204 valence electrons. The van der Waals surface area contributed by atoms with Crippen LogP contribution in [0.4, 0.5) is 17.2 Å². The van der Waals surface area contributed by atoms with Gasteiger partial charge in [-0.3, -0.25) is 19.7 Å². The molecule has 4 rings (SSSR count). The zero-order valence-electron chi connectivity index (χ0n) is 21.6. The predicted octanol–water partition coefficient (Wildman–Crippen LogP) is 3.32. The van der Waals surface area contributed by atoms with E-state index >= 15 is 0 Å². The number of rotatable bonds is 8. The Morgan fingerprint density at radius 1 is 1.05 bits per heavy atom. The molecule has 2 fully saturated rings. The Kier molecular flexibility index (Phi) is 9.26. The van der Waals surface area contributed by atoms with Gasteiger partial charge >= 0.3 is 0 Å². The Hall–Kier alpha value is -3.12. The van der Waals surface area contributed by atoms with E-state index in [0.717, 1.165) is 12.1 Å². The van der Waals surface area contributed by atoms with Crippen LogP contribution in [0.1, 0.15) is 26.7 Å². The Morgan fingerprint density at radius 2 is 1.74 bits per heavy atom. The first kappa shape index (κ1) is 27.9. The maximum absolute atomic E-state index is 12.9. The second-order valence-corrected chi connectivity index (χ2v) is 10.7. The first-order valence-electron chi connectivity index (χ1n) is 12.7. The lowest BCUT2D eigenvalue weighted by molar-refractivity contribution is -0.384. The molecule has 1 unspecified atom stereocenters. The number of aromatic nitrogens is 2. The van der Waals surface area contributed by atoms with Gasteiger partial charge in [0.2, 0.25) is 11.8 Å². The number of amides is 2. The summed E-state index contributed by atoms with van der Waals surface area (Å²) in [6, 6.07) is 8.26. The molecule has 2 aromatic rings. The summed E-state index contributed by atoms with van der Waals surface area (Å²) in [6.07, 6.45) is 1.40. The predicted molar refractivity (Wildman–Crippen MR) is 148 cm³/mol.